The summed E-state index contributed by atoms with van der Waals surface area (Å²) in [5, 5.41) is 3.51. The average Bonchev–Trinajstić information content (AvgIpc) is 2.52. The van der Waals surface area contributed by atoms with Gasteiger partial charge < -0.3 is 5.32 Å². The molecule has 116 valence electrons. The van der Waals surface area contributed by atoms with Crippen LogP contribution in [0.15, 0.2) is 24.3 Å². The van der Waals surface area contributed by atoms with E-state index < -0.39 is 0 Å². The van der Waals surface area contributed by atoms with Crippen LogP contribution in [0, 0.1) is 6.92 Å². The van der Waals surface area contributed by atoms with E-state index in [2.05, 4.69) is 53.4 Å². The van der Waals surface area contributed by atoms with Crippen molar-refractivity contribution in [3.8, 4) is 0 Å². The lowest BCUT2D eigenvalue weighted by Crippen LogP contribution is -2.55. The lowest BCUT2D eigenvalue weighted by molar-refractivity contribution is 0.0451. The van der Waals surface area contributed by atoms with Gasteiger partial charge in [-0.3, -0.25) is 9.80 Å². The molecule has 0 spiro atoms. The first kappa shape index (κ1) is 15.0. The second kappa shape index (κ2) is 6.91. The molecule has 1 N–H and O–H groups in total. The highest BCUT2D eigenvalue weighted by Crippen LogP contribution is 2.23. The molecule has 3 heteroatoms. The average molecular weight is 287 g/mol. The molecule has 0 aromatic heterocycles. The SMILES string of the molecule is CNC(CN1CCN2CCCCC2C1)c1cccc(C)c1. The fourth-order valence-corrected chi connectivity index (χ4v) is 3.89. The van der Waals surface area contributed by atoms with Crippen molar-refractivity contribution in [3.63, 3.8) is 0 Å². The molecule has 3 nitrogen and oxygen atoms in total. The van der Waals surface area contributed by atoms with E-state index in [4.69, 9.17) is 0 Å². The maximum absolute atomic E-state index is 3.51. The van der Waals surface area contributed by atoms with Crippen molar-refractivity contribution >= 4 is 0 Å². The maximum Gasteiger partial charge on any atom is 0.0446 e. The number of rotatable bonds is 4. The van der Waals surface area contributed by atoms with Gasteiger partial charge in [0.25, 0.3) is 0 Å². The van der Waals surface area contributed by atoms with Crippen LogP contribution in [0.4, 0.5) is 0 Å². The second-order valence-electron chi connectivity index (χ2n) is 6.70. The third-order valence-electron chi connectivity index (χ3n) is 5.16. The normalized spacial score (nSPS) is 25.5. The zero-order valence-corrected chi connectivity index (χ0v) is 13.5. The van der Waals surface area contributed by atoms with Gasteiger partial charge in [-0.2, -0.15) is 0 Å². The molecule has 2 fully saturated rings. The van der Waals surface area contributed by atoms with Crippen LogP contribution in [0.1, 0.15) is 36.4 Å². The predicted molar refractivity (Wildman–Crippen MR) is 88.6 cm³/mol. The van der Waals surface area contributed by atoms with Crippen molar-refractivity contribution in [3.05, 3.63) is 35.4 Å². The zero-order chi connectivity index (χ0) is 14.7. The molecule has 2 unspecified atom stereocenters. The summed E-state index contributed by atoms with van der Waals surface area (Å²) in [5.74, 6) is 0. The Balaban J connectivity index is 1.62. The van der Waals surface area contributed by atoms with Crippen LogP contribution in [0.2, 0.25) is 0 Å². The molecular weight excluding hydrogens is 258 g/mol. The van der Waals surface area contributed by atoms with E-state index in [-0.39, 0.29) is 0 Å². The summed E-state index contributed by atoms with van der Waals surface area (Å²) in [6.07, 6.45) is 4.21. The predicted octanol–water partition coefficient (Wildman–Crippen LogP) is 2.43. The Kier molecular flexibility index (Phi) is 4.94. The summed E-state index contributed by atoms with van der Waals surface area (Å²) in [4.78, 5) is 5.37. The first-order valence-electron chi connectivity index (χ1n) is 8.46. The number of piperidine rings is 1. The summed E-state index contributed by atoms with van der Waals surface area (Å²) >= 11 is 0. The number of benzene rings is 1. The van der Waals surface area contributed by atoms with Gasteiger partial charge in [0.2, 0.25) is 0 Å². The molecule has 0 saturated carbocycles. The number of likely N-dealkylation sites (N-methyl/N-ethyl adjacent to an activating group) is 1. The first-order valence-corrected chi connectivity index (χ1v) is 8.46. The molecular formula is C18H29N3. The van der Waals surface area contributed by atoms with Crippen LogP contribution in [-0.4, -0.2) is 55.6 Å². The van der Waals surface area contributed by atoms with Gasteiger partial charge >= 0.3 is 0 Å². The van der Waals surface area contributed by atoms with Gasteiger partial charge in [-0.05, 0) is 38.9 Å². The van der Waals surface area contributed by atoms with Crippen molar-refractivity contribution in [2.45, 2.75) is 38.3 Å². The Morgan fingerprint density at radius 1 is 1.24 bits per heavy atom. The van der Waals surface area contributed by atoms with Crippen molar-refractivity contribution in [2.24, 2.45) is 0 Å². The molecule has 2 aliphatic heterocycles. The van der Waals surface area contributed by atoms with Gasteiger partial charge in [-0.25, -0.2) is 0 Å². The van der Waals surface area contributed by atoms with Gasteiger partial charge in [-0.1, -0.05) is 36.2 Å². The van der Waals surface area contributed by atoms with Gasteiger partial charge in [0.15, 0.2) is 0 Å². The highest BCUT2D eigenvalue weighted by atomic mass is 15.3. The van der Waals surface area contributed by atoms with Crippen LogP contribution in [-0.2, 0) is 0 Å². The summed E-state index contributed by atoms with van der Waals surface area (Å²) < 4.78 is 0. The quantitative estimate of drug-likeness (QED) is 0.917. The highest BCUT2D eigenvalue weighted by Gasteiger charge is 2.29. The number of hydrogen-bond donors (Lipinski definition) is 1. The number of hydrogen-bond acceptors (Lipinski definition) is 3. The lowest BCUT2D eigenvalue weighted by Gasteiger charge is -2.44. The summed E-state index contributed by atoms with van der Waals surface area (Å²) in [6, 6.07) is 10.2. The number of nitrogens with one attached hydrogen (secondary N) is 1. The molecule has 3 rings (SSSR count). The topological polar surface area (TPSA) is 18.5 Å². The van der Waals surface area contributed by atoms with Gasteiger partial charge in [0.1, 0.15) is 0 Å². The third kappa shape index (κ3) is 3.65. The van der Waals surface area contributed by atoms with Gasteiger partial charge in [0, 0.05) is 38.3 Å². The molecule has 21 heavy (non-hydrogen) atoms. The van der Waals surface area contributed by atoms with Gasteiger partial charge in [-0.15, -0.1) is 0 Å². The van der Waals surface area contributed by atoms with Crippen molar-refractivity contribution in [2.75, 3.05) is 39.8 Å². The smallest absolute Gasteiger partial charge is 0.0446 e. The van der Waals surface area contributed by atoms with E-state index in [0.29, 0.717) is 6.04 Å². The lowest BCUT2D eigenvalue weighted by atomic mass is 9.98. The Hall–Kier alpha value is -0.900. The van der Waals surface area contributed by atoms with E-state index in [0.717, 1.165) is 12.6 Å². The monoisotopic (exact) mass is 287 g/mol. The molecule has 2 atom stereocenters. The van der Waals surface area contributed by atoms with E-state index in [1.807, 2.05) is 0 Å². The van der Waals surface area contributed by atoms with Crippen LogP contribution < -0.4 is 5.32 Å². The first-order chi connectivity index (χ1) is 10.3. The van der Waals surface area contributed by atoms with Crippen LogP contribution in [0.25, 0.3) is 0 Å². The second-order valence-corrected chi connectivity index (χ2v) is 6.70. The summed E-state index contributed by atoms with van der Waals surface area (Å²) in [5.41, 5.74) is 2.77. The fraction of sp³-hybridized carbons (Fsp3) is 0.667. The van der Waals surface area contributed by atoms with Crippen LogP contribution in [0.3, 0.4) is 0 Å². The molecule has 2 heterocycles. The molecule has 1 aromatic carbocycles. The summed E-state index contributed by atoms with van der Waals surface area (Å²) in [7, 11) is 2.09. The Labute approximate surface area is 129 Å². The van der Waals surface area contributed by atoms with Crippen LogP contribution >= 0.6 is 0 Å². The Morgan fingerprint density at radius 2 is 2.14 bits per heavy atom. The minimum Gasteiger partial charge on any atom is -0.312 e. The van der Waals surface area contributed by atoms with E-state index in [9.17, 15) is 0 Å². The fourth-order valence-electron chi connectivity index (χ4n) is 3.89. The number of aryl methyl sites for hydroxylation is 1. The molecule has 0 radical (unpaired) electrons. The Morgan fingerprint density at radius 3 is 2.95 bits per heavy atom. The number of piperazine rings is 1. The minimum absolute atomic E-state index is 0.444. The molecule has 2 aliphatic rings. The maximum atomic E-state index is 3.51. The molecule has 0 aliphatic carbocycles. The molecule has 1 aromatic rings. The molecule has 0 bridgehead atoms. The van der Waals surface area contributed by atoms with Crippen molar-refractivity contribution in [1.29, 1.82) is 0 Å². The van der Waals surface area contributed by atoms with E-state index in [1.165, 1.54) is 56.6 Å². The van der Waals surface area contributed by atoms with Crippen LogP contribution in [0.5, 0.6) is 0 Å². The zero-order valence-electron chi connectivity index (χ0n) is 13.5. The highest BCUT2D eigenvalue weighted by molar-refractivity contribution is 5.25. The van der Waals surface area contributed by atoms with Crippen molar-refractivity contribution in [1.82, 2.24) is 15.1 Å². The third-order valence-corrected chi connectivity index (χ3v) is 5.16. The number of nitrogens with zero attached hydrogens (tertiary/aromatic N) is 2. The summed E-state index contributed by atoms with van der Waals surface area (Å²) in [6.45, 7) is 8.37. The van der Waals surface area contributed by atoms with E-state index in [1.54, 1.807) is 0 Å². The largest absolute Gasteiger partial charge is 0.312 e. The molecule has 2 saturated heterocycles. The van der Waals surface area contributed by atoms with Gasteiger partial charge in [0.05, 0.1) is 0 Å². The number of fused-ring (bicyclic) bond motifs is 1. The Bertz CT molecular complexity index is 460. The minimum atomic E-state index is 0.444. The van der Waals surface area contributed by atoms with Crippen molar-refractivity contribution < 1.29 is 0 Å². The molecule has 0 amide bonds. The standard InChI is InChI=1S/C18H29N3/c1-15-6-5-7-16(12-15)18(19-2)14-20-10-11-21-9-4-3-8-17(21)13-20/h5-7,12,17-19H,3-4,8-11,13-14H2,1-2H3. The van der Waals surface area contributed by atoms with E-state index >= 15 is 0 Å².